The summed E-state index contributed by atoms with van der Waals surface area (Å²) in [5, 5.41) is 13.2. The van der Waals surface area contributed by atoms with E-state index in [1.165, 1.54) is 0 Å². The van der Waals surface area contributed by atoms with Crippen LogP contribution >= 0.6 is 23.2 Å². The first-order valence-electron chi connectivity index (χ1n) is 6.23. The van der Waals surface area contributed by atoms with Crippen LogP contribution in [0.15, 0.2) is 30.3 Å². The predicted molar refractivity (Wildman–Crippen MR) is 79.7 cm³/mol. The number of phenolic OH excluding ortho intramolecular Hbond substituents is 1. The number of halogens is 4. The number of benzene rings is 2. The molecule has 6 heteroatoms. The smallest absolute Gasteiger partial charge is 0.187 e. The van der Waals surface area contributed by atoms with E-state index in [1.807, 2.05) is 6.92 Å². The Morgan fingerprint density at radius 1 is 1.14 bits per heavy atom. The van der Waals surface area contributed by atoms with Gasteiger partial charge in [-0.15, -0.1) is 0 Å². The molecule has 0 radical (unpaired) electrons. The third kappa shape index (κ3) is 3.84. The molecule has 0 saturated heterocycles. The number of rotatable bonds is 4. The van der Waals surface area contributed by atoms with Gasteiger partial charge in [-0.05, 0) is 42.3 Å². The summed E-state index contributed by atoms with van der Waals surface area (Å²) in [6.45, 7) is 2.11. The lowest BCUT2D eigenvalue weighted by molar-refractivity contribution is 0.394. The molecule has 0 aliphatic rings. The molecule has 2 N–H and O–H groups in total. The molecule has 1 atom stereocenters. The maximum Gasteiger partial charge on any atom is 0.187 e. The van der Waals surface area contributed by atoms with Gasteiger partial charge in [-0.25, -0.2) is 8.78 Å². The second-order valence-electron chi connectivity index (χ2n) is 4.68. The molecule has 112 valence electrons. The van der Waals surface area contributed by atoms with Crippen molar-refractivity contribution in [2.75, 3.05) is 0 Å². The summed E-state index contributed by atoms with van der Waals surface area (Å²) in [4.78, 5) is 0. The summed E-state index contributed by atoms with van der Waals surface area (Å²) in [7, 11) is 0. The van der Waals surface area contributed by atoms with Gasteiger partial charge in [-0.1, -0.05) is 29.3 Å². The second kappa shape index (κ2) is 6.60. The molecular formula is C15H13Cl2F2NO. The quantitative estimate of drug-likeness (QED) is 0.841. The standard InChI is InChI=1S/C15H13Cl2F2NO/c1-8(11-3-2-10(16)6-12(11)17)20-7-9-4-13(18)15(21)14(19)5-9/h2-6,8,20-21H,7H2,1H3. The highest BCUT2D eigenvalue weighted by Crippen LogP contribution is 2.27. The van der Waals surface area contributed by atoms with E-state index >= 15 is 0 Å². The minimum absolute atomic E-state index is 0.130. The van der Waals surface area contributed by atoms with Crippen molar-refractivity contribution in [2.24, 2.45) is 0 Å². The first kappa shape index (κ1) is 16.0. The van der Waals surface area contributed by atoms with Crippen molar-refractivity contribution in [2.45, 2.75) is 19.5 Å². The summed E-state index contributed by atoms with van der Waals surface area (Å²) in [5.41, 5.74) is 1.22. The Labute approximate surface area is 131 Å². The van der Waals surface area contributed by atoms with Crippen molar-refractivity contribution in [3.05, 3.63) is 63.1 Å². The molecule has 0 heterocycles. The molecule has 2 nitrogen and oxygen atoms in total. The van der Waals surface area contributed by atoms with Gasteiger partial charge in [-0.2, -0.15) is 0 Å². The lowest BCUT2D eigenvalue weighted by Crippen LogP contribution is -2.18. The molecule has 0 spiro atoms. The third-order valence-corrected chi connectivity index (χ3v) is 3.68. The molecule has 2 aromatic carbocycles. The van der Waals surface area contributed by atoms with E-state index in [2.05, 4.69) is 5.32 Å². The fourth-order valence-corrected chi connectivity index (χ4v) is 2.53. The molecule has 1 unspecified atom stereocenters. The van der Waals surface area contributed by atoms with Gasteiger partial charge in [0.25, 0.3) is 0 Å². The molecule has 2 aromatic rings. The van der Waals surface area contributed by atoms with Crippen LogP contribution in [0.4, 0.5) is 8.78 Å². The lowest BCUT2D eigenvalue weighted by Gasteiger charge is -2.16. The number of hydrogen-bond acceptors (Lipinski definition) is 2. The molecule has 0 fully saturated rings. The van der Waals surface area contributed by atoms with Crippen LogP contribution in [-0.4, -0.2) is 5.11 Å². The van der Waals surface area contributed by atoms with E-state index < -0.39 is 17.4 Å². The minimum Gasteiger partial charge on any atom is -0.503 e. The van der Waals surface area contributed by atoms with E-state index in [9.17, 15) is 8.78 Å². The van der Waals surface area contributed by atoms with Crippen LogP contribution < -0.4 is 5.32 Å². The van der Waals surface area contributed by atoms with Gasteiger partial charge in [0.1, 0.15) is 0 Å². The van der Waals surface area contributed by atoms with Gasteiger partial charge in [0.15, 0.2) is 17.4 Å². The van der Waals surface area contributed by atoms with Crippen LogP contribution in [0, 0.1) is 11.6 Å². The highest BCUT2D eigenvalue weighted by atomic mass is 35.5. The molecule has 0 amide bonds. The van der Waals surface area contributed by atoms with Gasteiger partial charge in [0, 0.05) is 22.6 Å². The number of aromatic hydroxyl groups is 1. The van der Waals surface area contributed by atoms with Crippen LogP contribution in [0.2, 0.25) is 10.0 Å². The summed E-state index contributed by atoms with van der Waals surface area (Å²) in [6, 6.07) is 7.19. The largest absolute Gasteiger partial charge is 0.503 e. The summed E-state index contributed by atoms with van der Waals surface area (Å²) < 4.78 is 26.5. The highest BCUT2D eigenvalue weighted by Gasteiger charge is 2.12. The van der Waals surface area contributed by atoms with Crippen molar-refractivity contribution in [1.29, 1.82) is 0 Å². The zero-order valence-electron chi connectivity index (χ0n) is 11.1. The molecule has 0 aromatic heterocycles. The Hall–Kier alpha value is -1.36. The van der Waals surface area contributed by atoms with Crippen LogP contribution in [0.5, 0.6) is 5.75 Å². The molecule has 2 rings (SSSR count). The molecule has 0 aliphatic heterocycles. The Kier molecular flexibility index (Phi) is 5.04. The Bertz CT molecular complexity index is 641. The van der Waals surface area contributed by atoms with E-state index in [4.69, 9.17) is 28.3 Å². The summed E-state index contributed by atoms with van der Waals surface area (Å²) in [5.74, 6) is -2.93. The van der Waals surface area contributed by atoms with Crippen molar-refractivity contribution < 1.29 is 13.9 Å². The van der Waals surface area contributed by atoms with Gasteiger partial charge < -0.3 is 10.4 Å². The van der Waals surface area contributed by atoms with E-state index in [0.29, 0.717) is 15.6 Å². The average molecular weight is 332 g/mol. The van der Waals surface area contributed by atoms with Crippen molar-refractivity contribution in [1.82, 2.24) is 5.32 Å². The Morgan fingerprint density at radius 2 is 1.76 bits per heavy atom. The number of hydrogen-bond donors (Lipinski definition) is 2. The van der Waals surface area contributed by atoms with Gasteiger partial charge >= 0.3 is 0 Å². The van der Waals surface area contributed by atoms with Gasteiger partial charge in [0.2, 0.25) is 0 Å². The van der Waals surface area contributed by atoms with Gasteiger partial charge in [0.05, 0.1) is 0 Å². The molecule has 0 bridgehead atoms. The van der Waals surface area contributed by atoms with E-state index in [-0.39, 0.29) is 12.6 Å². The zero-order valence-corrected chi connectivity index (χ0v) is 12.6. The van der Waals surface area contributed by atoms with E-state index in [1.54, 1.807) is 18.2 Å². The highest BCUT2D eigenvalue weighted by molar-refractivity contribution is 6.35. The van der Waals surface area contributed by atoms with Crippen LogP contribution in [0.3, 0.4) is 0 Å². The first-order valence-corrected chi connectivity index (χ1v) is 6.99. The summed E-state index contributed by atoms with van der Waals surface area (Å²) >= 11 is 11.9. The topological polar surface area (TPSA) is 32.3 Å². The monoisotopic (exact) mass is 331 g/mol. The van der Waals surface area contributed by atoms with Crippen molar-refractivity contribution >= 4 is 23.2 Å². The fraction of sp³-hybridized carbons (Fsp3) is 0.200. The number of nitrogens with one attached hydrogen (secondary N) is 1. The van der Waals surface area contributed by atoms with E-state index in [0.717, 1.165) is 17.7 Å². The summed E-state index contributed by atoms with van der Waals surface area (Å²) in [6.07, 6.45) is 0. The lowest BCUT2D eigenvalue weighted by atomic mass is 10.1. The minimum atomic E-state index is -0.982. The zero-order chi connectivity index (χ0) is 15.6. The fourth-order valence-electron chi connectivity index (χ4n) is 1.95. The van der Waals surface area contributed by atoms with Crippen LogP contribution in [0.1, 0.15) is 24.1 Å². The normalized spacial score (nSPS) is 12.4. The molecule has 0 aliphatic carbocycles. The van der Waals surface area contributed by atoms with Crippen LogP contribution in [0.25, 0.3) is 0 Å². The molecule has 0 saturated carbocycles. The Morgan fingerprint density at radius 3 is 2.33 bits per heavy atom. The maximum absolute atomic E-state index is 13.2. The first-order chi connectivity index (χ1) is 9.88. The van der Waals surface area contributed by atoms with Gasteiger partial charge in [-0.3, -0.25) is 0 Å². The molecular weight excluding hydrogens is 319 g/mol. The average Bonchev–Trinajstić information content (AvgIpc) is 2.42. The predicted octanol–water partition coefficient (Wildman–Crippen LogP) is 4.83. The van der Waals surface area contributed by atoms with Crippen molar-refractivity contribution in [3.63, 3.8) is 0 Å². The third-order valence-electron chi connectivity index (χ3n) is 3.12. The van der Waals surface area contributed by atoms with Crippen LogP contribution in [-0.2, 0) is 6.54 Å². The Balaban J connectivity index is 2.09. The number of phenols is 1. The maximum atomic E-state index is 13.2. The van der Waals surface area contributed by atoms with Crippen molar-refractivity contribution in [3.8, 4) is 5.75 Å². The SMILES string of the molecule is CC(NCc1cc(F)c(O)c(F)c1)c1ccc(Cl)cc1Cl. The molecule has 21 heavy (non-hydrogen) atoms. The second-order valence-corrected chi connectivity index (χ2v) is 5.52.